The van der Waals surface area contributed by atoms with Gasteiger partial charge in [0.1, 0.15) is 5.01 Å². The number of rotatable bonds is 4. The number of amides is 1. The predicted molar refractivity (Wildman–Crippen MR) is 106 cm³/mol. The van der Waals surface area contributed by atoms with Gasteiger partial charge in [-0.2, -0.15) is 0 Å². The maximum absolute atomic E-state index is 13.1. The molecule has 0 radical (unpaired) electrons. The third-order valence-electron chi connectivity index (χ3n) is 7.20. The minimum atomic E-state index is 0.00254. The second kappa shape index (κ2) is 6.98. The quantitative estimate of drug-likeness (QED) is 0.743. The molecular weight excluding hydrogens is 358 g/mol. The van der Waals surface area contributed by atoms with Gasteiger partial charge in [0, 0.05) is 30.2 Å². The molecule has 6 heteroatoms. The first kappa shape index (κ1) is 17.8. The first-order chi connectivity index (χ1) is 13.2. The smallest absolute Gasteiger partial charge is 0.226 e. The molecule has 3 fully saturated rings. The van der Waals surface area contributed by atoms with Crippen molar-refractivity contribution in [3.05, 3.63) is 28.7 Å². The first-order valence-corrected chi connectivity index (χ1v) is 11.3. The zero-order chi connectivity index (χ0) is 18.3. The van der Waals surface area contributed by atoms with Crippen LogP contribution in [0.2, 0.25) is 0 Å². The van der Waals surface area contributed by atoms with Crippen molar-refractivity contribution in [1.82, 2.24) is 14.8 Å². The second-order valence-electron chi connectivity index (χ2n) is 8.74. The van der Waals surface area contributed by atoms with E-state index in [1.807, 2.05) is 11.6 Å². The SMILES string of the molecule is O=C(CC1CN(Cc2nccs2)C2(CCC2)CO1)N1CC=CC12CCCC2. The average molecular weight is 388 g/mol. The molecule has 0 N–H and O–H groups in total. The molecule has 4 aliphatic rings. The van der Waals surface area contributed by atoms with E-state index in [1.54, 1.807) is 11.3 Å². The van der Waals surface area contributed by atoms with Gasteiger partial charge in [0.05, 0.1) is 31.2 Å². The van der Waals surface area contributed by atoms with Gasteiger partial charge in [-0.15, -0.1) is 11.3 Å². The molecule has 2 aliphatic carbocycles. The highest BCUT2D eigenvalue weighted by Gasteiger charge is 2.48. The van der Waals surface area contributed by atoms with Gasteiger partial charge in [-0.1, -0.05) is 25.0 Å². The molecule has 1 saturated heterocycles. The van der Waals surface area contributed by atoms with Crippen molar-refractivity contribution in [2.75, 3.05) is 19.7 Å². The van der Waals surface area contributed by atoms with E-state index in [1.165, 1.54) is 37.1 Å². The number of carbonyl (C=O) groups excluding carboxylic acids is 1. The third kappa shape index (κ3) is 3.15. The molecule has 5 nitrogen and oxygen atoms in total. The molecule has 0 bridgehead atoms. The molecule has 2 aliphatic heterocycles. The molecule has 1 aromatic heterocycles. The molecule has 0 aromatic carbocycles. The van der Waals surface area contributed by atoms with Crippen molar-refractivity contribution in [2.24, 2.45) is 0 Å². The fraction of sp³-hybridized carbons (Fsp3) is 0.714. The summed E-state index contributed by atoms with van der Waals surface area (Å²) in [5.74, 6) is 0.269. The van der Waals surface area contributed by atoms with Crippen molar-refractivity contribution < 1.29 is 9.53 Å². The highest BCUT2D eigenvalue weighted by molar-refractivity contribution is 7.09. The summed E-state index contributed by atoms with van der Waals surface area (Å²) in [7, 11) is 0. The van der Waals surface area contributed by atoms with Crippen LogP contribution in [0.1, 0.15) is 56.4 Å². The van der Waals surface area contributed by atoms with E-state index in [9.17, 15) is 4.79 Å². The Hall–Kier alpha value is -1.24. The number of hydrogen-bond donors (Lipinski definition) is 0. The topological polar surface area (TPSA) is 45.7 Å². The van der Waals surface area contributed by atoms with Gasteiger partial charge in [0.15, 0.2) is 0 Å². The summed E-state index contributed by atoms with van der Waals surface area (Å²) in [5.41, 5.74) is 0.203. The Balaban J connectivity index is 1.25. The maximum Gasteiger partial charge on any atom is 0.226 e. The van der Waals surface area contributed by atoms with Crippen molar-refractivity contribution in [3.8, 4) is 0 Å². The van der Waals surface area contributed by atoms with E-state index in [0.29, 0.717) is 6.42 Å². The number of ether oxygens (including phenoxy) is 1. The number of thiazole rings is 1. The Morgan fingerprint density at radius 3 is 2.81 bits per heavy atom. The van der Waals surface area contributed by atoms with E-state index in [-0.39, 0.29) is 23.1 Å². The Morgan fingerprint density at radius 2 is 2.11 bits per heavy atom. The Bertz CT molecular complexity index is 707. The van der Waals surface area contributed by atoms with Gasteiger partial charge >= 0.3 is 0 Å². The molecule has 3 heterocycles. The van der Waals surface area contributed by atoms with Crippen LogP contribution in [0.4, 0.5) is 0 Å². The van der Waals surface area contributed by atoms with E-state index in [4.69, 9.17) is 4.74 Å². The Labute approximate surface area is 165 Å². The number of hydrogen-bond acceptors (Lipinski definition) is 5. The number of carbonyl (C=O) groups is 1. The number of morpholine rings is 1. The van der Waals surface area contributed by atoms with Crippen molar-refractivity contribution in [1.29, 1.82) is 0 Å². The minimum Gasteiger partial charge on any atom is -0.374 e. The molecule has 2 saturated carbocycles. The van der Waals surface area contributed by atoms with E-state index < -0.39 is 0 Å². The lowest BCUT2D eigenvalue weighted by Gasteiger charge is -2.54. The van der Waals surface area contributed by atoms with Crippen molar-refractivity contribution >= 4 is 17.2 Å². The van der Waals surface area contributed by atoms with E-state index >= 15 is 0 Å². The van der Waals surface area contributed by atoms with Gasteiger partial charge in [0.2, 0.25) is 5.91 Å². The molecule has 1 aromatic rings. The predicted octanol–water partition coefficient (Wildman–Crippen LogP) is 3.37. The Morgan fingerprint density at radius 1 is 1.26 bits per heavy atom. The molecule has 2 spiro atoms. The van der Waals surface area contributed by atoms with Crippen LogP contribution in [0.3, 0.4) is 0 Å². The fourth-order valence-electron chi connectivity index (χ4n) is 5.48. The van der Waals surface area contributed by atoms with Gasteiger partial charge < -0.3 is 9.64 Å². The molecule has 146 valence electrons. The van der Waals surface area contributed by atoms with Crippen LogP contribution >= 0.6 is 11.3 Å². The largest absolute Gasteiger partial charge is 0.374 e. The minimum absolute atomic E-state index is 0.00254. The summed E-state index contributed by atoms with van der Waals surface area (Å²) in [5, 5.41) is 3.22. The molecule has 1 amide bonds. The highest BCUT2D eigenvalue weighted by Crippen LogP contribution is 2.43. The second-order valence-corrected chi connectivity index (χ2v) is 9.72. The van der Waals surface area contributed by atoms with Crippen LogP contribution in [0.25, 0.3) is 0 Å². The molecule has 1 atom stereocenters. The monoisotopic (exact) mass is 387 g/mol. The van der Waals surface area contributed by atoms with Gasteiger partial charge in [-0.25, -0.2) is 4.98 Å². The lowest BCUT2D eigenvalue weighted by atomic mass is 9.74. The number of aromatic nitrogens is 1. The number of nitrogens with zero attached hydrogens (tertiary/aromatic N) is 3. The van der Waals surface area contributed by atoms with Crippen LogP contribution in [0.5, 0.6) is 0 Å². The van der Waals surface area contributed by atoms with Crippen LogP contribution < -0.4 is 0 Å². The first-order valence-electron chi connectivity index (χ1n) is 10.4. The zero-order valence-electron chi connectivity index (χ0n) is 15.9. The maximum atomic E-state index is 13.1. The van der Waals surface area contributed by atoms with Gasteiger partial charge in [0.25, 0.3) is 0 Å². The summed E-state index contributed by atoms with van der Waals surface area (Å²) in [6, 6.07) is 0. The normalized spacial score (nSPS) is 28.9. The summed E-state index contributed by atoms with van der Waals surface area (Å²) in [6.07, 6.45) is 15.3. The molecule has 27 heavy (non-hydrogen) atoms. The van der Waals surface area contributed by atoms with Crippen LogP contribution in [-0.2, 0) is 16.1 Å². The summed E-state index contributed by atoms with van der Waals surface area (Å²) >= 11 is 1.72. The summed E-state index contributed by atoms with van der Waals surface area (Å²) in [4.78, 5) is 22.3. The van der Waals surface area contributed by atoms with Crippen LogP contribution in [0, 0.1) is 0 Å². The van der Waals surface area contributed by atoms with Crippen LogP contribution in [0.15, 0.2) is 23.7 Å². The summed E-state index contributed by atoms with van der Waals surface area (Å²) < 4.78 is 6.24. The fourth-order valence-corrected chi connectivity index (χ4v) is 6.11. The van der Waals surface area contributed by atoms with Crippen molar-refractivity contribution in [2.45, 2.75) is 75.1 Å². The zero-order valence-corrected chi connectivity index (χ0v) is 16.8. The lowest BCUT2D eigenvalue weighted by Crippen LogP contribution is -2.63. The average Bonchev–Trinajstić information content (AvgIpc) is 3.38. The van der Waals surface area contributed by atoms with Crippen molar-refractivity contribution in [3.63, 3.8) is 0 Å². The molecule has 1 unspecified atom stereocenters. The lowest BCUT2D eigenvalue weighted by molar-refractivity contribution is -0.159. The molecule has 5 rings (SSSR count). The molecular formula is C21H29N3O2S. The summed E-state index contributed by atoms with van der Waals surface area (Å²) in [6.45, 7) is 3.28. The highest BCUT2D eigenvalue weighted by atomic mass is 32.1. The Kier molecular flexibility index (Phi) is 4.61. The van der Waals surface area contributed by atoms with E-state index in [2.05, 4.69) is 26.9 Å². The van der Waals surface area contributed by atoms with Gasteiger partial charge in [-0.05, 0) is 32.1 Å². The van der Waals surface area contributed by atoms with E-state index in [0.717, 1.165) is 39.1 Å². The third-order valence-corrected chi connectivity index (χ3v) is 7.97. The van der Waals surface area contributed by atoms with Crippen LogP contribution in [-0.4, -0.2) is 57.6 Å². The van der Waals surface area contributed by atoms with Gasteiger partial charge in [-0.3, -0.25) is 9.69 Å². The standard InChI is InChI=1S/C21H29N3O2S/c25-19(24-11-4-9-20(24)5-1-2-6-20)13-17-14-23(15-18-22-10-12-27-18)21(16-26-17)7-3-8-21/h4,9-10,12,17H,1-3,5-8,11,13-16H2.